The Balaban J connectivity index is 1.29. The summed E-state index contributed by atoms with van der Waals surface area (Å²) in [5, 5.41) is 4.93. The summed E-state index contributed by atoms with van der Waals surface area (Å²) in [6.07, 6.45) is 0.548. The highest BCUT2D eigenvalue weighted by Crippen LogP contribution is 2.62. The molecule has 6 rings (SSSR count). The van der Waals surface area contributed by atoms with Crippen LogP contribution in [0.4, 0.5) is 5.69 Å². The van der Waals surface area contributed by atoms with Crippen LogP contribution < -0.4 is 4.90 Å². The molecule has 2 heterocycles. The van der Waals surface area contributed by atoms with Crippen molar-refractivity contribution in [3.8, 4) is 0 Å². The maximum atomic E-state index is 13.5. The predicted octanol–water partition coefficient (Wildman–Crippen LogP) is 3.69. The van der Waals surface area contributed by atoms with Gasteiger partial charge in [0.2, 0.25) is 11.8 Å². The van der Waals surface area contributed by atoms with Crippen LogP contribution in [-0.4, -0.2) is 36.2 Å². The van der Waals surface area contributed by atoms with E-state index in [1.165, 1.54) is 4.90 Å². The molecule has 33 heavy (non-hydrogen) atoms. The van der Waals surface area contributed by atoms with Gasteiger partial charge in [-0.2, -0.15) is 0 Å². The minimum atomic E-state index is -0.436. The van der Waals surface area contributed by atoms with Crippen LogP contribution in [0, 0.1) is 29.6 Å². The van der Waals surface area contributed by atoms with E-state index in [0.29, 0.717) is 16.3 Å². The number of esters is 1. The first-order valence-electron chi connectivity index (χ1n) is 11.1. The van der Waals surface area contributed by atoms with Crippen LogP contribution in [0.2, 0.25) is 5.02 Å². The zero-order chi connectivity index (χ0) is 22.9. The third-order valence-electron chi connectivity index (χ3n) is 7.48. The highest BCUT2D eigenvalue weighted by molar-refractivity contribution is 6.34. The van der Waals surface area contributed by atoms with E-state index in [1.807, 2.05) is 24.3 Å². The first-order valence-corrected chi connectivity index (χ1v) is 11.5. The number of carbonyl (C=O) groups excluding carboxylic acids is 3. The Bertz CT molecular complexity index is 1210. The molecular weight excluding hydrogens is 444 g/mol. The number of amides is 2. The Kier molecular flexibility index (Phi) is 4.59. The van der Waals surface area contributed by atoms with Crippen LogP contribution in [0.25, 0.3) is 0 Å². The molecule has 0 radical (unpaired) electrons. The van der Waals surface area contributed by atoms with Gasteiger partial charge in [0.1, 0.15) is 6.10 Å². The summed E-state index contributed by atoms with van der Waals surface area (Å²) in [4.78, 5) is 46.0. The van der Waals surface area contributed by atoms with E-state index in [9.17, 15) is 14.4 Å². The SMILES string of the molecule is CCOC(=O)c1ccc(N2C(=O)[C@@H]3[C@H]4C[C@H]([C@H]5ON=C(c6ccccc6Cl)[C@H]45)[C@@H]3C2=O)cc1. The van der Waals surface area contributed by atoms with Crippen LogP contribution in [0.15, 0.2) is 53.7 Å². The van der Waals surface area contributed by atoms with Crippen molar-refractivity contribution in [3.63, 3.8) is 0 Å². The Labute approximate surface area is 195 Å². The van der Waals surface area contributed by atoms with Crippen molar-refractivity contribution >= 4 is 40.8 Å². The van der Waals surface area contributed by atoms with Crippen molar-refractivity contribution < 1.29 is 24.0 Å². The normalized spacial score (nSPS) is 31.3. The van der Waals surface area contributed by atoms with Gasteiger partial charge in [-0.05, 0) is 49.6 Å². The Morgan fingerprint density at radius 1 is 1.06 bits per heavy atom. The minimum absolute atomic E-state index is 0.0252. The fourth-order valence-electron chi connectivity index (χ4n) is 6.23. The van der Waals surface area contributed by atoms with Gasteiger partial charge in [0, 0.05) is 22.4 Å². The molecule has 2 bridgehead atoms. The molecule has 2 aromatic rings. The quantitative estimate of drug-likeness (QED) is 0.509. The molecule has 168 valence electrons. The maximum Gasteiger partial charge on any atom is 0.338 e. The molecule has 2 aliphatic carbocycles. The minimum Gasteiger partial charge on any atom is -0.462 e. The van der Waals surface area contributed by atoms with Crippen molar-refractivity contribution in [3.05, 3.63) is 64.7 Å². The monoisotopic (exact) mass is 464 g/mol. The number of benzene rings is 2. The van der Waals surface area contributed by atoms with Crippen molar-refractivity contribution in [1.29, 1.82) is 0 Å². The van der Waals surface area contributed by atoms with Gasteiger partial charge in [0.15, 0.2) is 0 Å². The average Bonchev–Trinajstić information content (AvgIpc) is 3.55. The van der Waals surface area contributed by atoms with Crippen LogP contribution in [0.1, 0.15) is 29.3 Å². The zero-order valence-electron chi connectivity index (χ0n) is 17.8. The lowest BCUT2D eigenvalue weighted by Crippen LogP contribution is -2.41. The average molecular weight is 465 g/mol. The molecule has 8 heteroatoms. The number of nitrogens with zero attached hydrogens (tertiary/aromatic N) is 2. The molecule has 0 unspecified atom stereocenters. The fraction of sp³-hybridized carbons (Fsp3) is 0.360. The van der Waals surface area contributed by atoms with Crippen LogP contribution >= 0.6 is 11.6 Å². The van der Waals surface area contributed by atoms with E-state index in [1.54, 1.807) is 31.2 Å². The first-order chi connectivity index (χ1) is 16.0. The molecule has 7 nitrogen and oxygen atoms in total. The van der Waals surface area contributed by atoms with Gasteiger partial charge >= 0.3 is 5.97 Å². The van der Waals surface area contributed by atoms with Crippen LogP contribution in [-0.2, 0) is 19.2 Å². The number of hydrogen-bond donors (Lipinski definition) is 0. The van der Waals surface area contributed by atoms with Gasteiger partial charge in [-0.1, -0.05) is 35.0 Å². The van der Waals surface area contributed by atoms with Crippen molar-refractivity contribution in [1.82, 2.24) is 0 Å². The Morgan fingerprint density at radius 3 is 2.45 bits per heavy atom. The number of fused-ring (bicyclic) bond motifs is 8. The highest BCUT2D eigenvalue weighted by Gasteiger charge is 2.70. The number of anilines is 1. The molecule has 2 aromatic carbocycles. The molecule has 6 atom stereocenters. The zero-order valence-corrected chi connectivity index (χ0v) is 18.6. The summed E-state index contributed by atoms with van der Waals surface area (Å²) in [5.41, 5.74) is 2.44. The number of ether oxygens (including phenoxy) is 1. The Morgan fingerprint density at radius 2 is 1.76 bits per heavy atom. The third kappa shape index (κ3) is 2.81. The van der Waals surface area contributed by atoms with Crippen molar-refractivity contribution in [2.24, 2.45) is 34.7 Å². The highest BCUT2D eigenvalue weighted by atomic mass is 35.5. The lowest BCUT2D eigenvalue weighted by atomic mass is 9.71. The molecule has 2 saturated carbocycles. The van der Waals surface area contributed by atoms with Gasteiger partial charge in [-0.15, -0.1) is 0 Å². The number of imide groups is 1. The molecule has 2 amide bonds. The topological polar surface area (TPSA) is 85.3 Å². The number of oxime groups is 1. The number of hydrogen-bond acceptors (Lipinski definition) is 6. The second kappa shape index (κ2) is 7.42. The molecule has 0 spiro atoms. The van der Waals surface area contributed by atoms with Crippen molar-refractivity contribution in [2.45, 2.75) is 19.4 Å². The number of rotatable bonds is 4. The van der Waals surface area contributed by atoms with Gasteiger partial charge in [0.25, 0.3) is 0 Å². The summed E-state index contributed by atoms with van der Waals surface area (Å²) >= 11 is 6.42. The van der Waals surface area contributed by atoms with Crippen LogP contribution in [0.3, 0.4) is 0 Å². The lowest BCUT2D eigenvalue weighted by molar-refractivity contribution is -0.125. The molecule has 1 saturated heterocycles. The van der Waals surface area contributed by atoms with Crippen molar-refractivity contribution in [2.75, 3.05) is 11.5 Å². The Hall–Kier alpha value is -3.19. The summed E-state index contributed by atoms with van der Waals surface area (Å²) in [5.74, 6) is -1.78. The molecular formula is C25H21ClN2O5. The molecule has 0 aromatic heterocycles. The molecule has 3 fully saturated rings. The maximum absolute atomic E-state index is 13.5. The summed E-state index contributed by atoms with van der Waals surface area (Å²) in [6, 6.07) is 13.9. The molecule has 2 aliphatic heterocycles. The van der Waals surface area contributed by atoms with Gasteiger partial charge in [-0.3, -0.25) is 14.5 Å². The summed E-state index contributed by atoms with van der Waals surface area (Å²) in [6.45, 7) is 2.02. The van der Waals surface area contributed by atoms with E-state index < -0.39 is 17.8 Å². The molecule has 0 N–H and O–H groups in total. The van der Waals surface area contributed by atoms with Gasteiger partial charge in [-0.25, -0.2) is 4.79 Å². The lowest BCUT2D eigenvalue weighted by Gasteiger charge is -2.30. The summed E-state index contributed by atoms with van der Waals surface area (Å²) in [7, 11) is 0. The van der Waals surface area contributed by atoms with E-state index in [-0.39, 0.29) is 42.3 Å². The predicted molar refractivity (Wildman–Crippen MR) is 120 cm³/mol. The number of halogens is 1. The van der Waals surface area contributed by atoms with Gasteiger partial charge < -0.3 is 9.57 Å². The first kappa shape index (κ1) is 20.4. The summed E-state index contributed by atoms with van der Waals surface area (Å²) < 4.78 is 5.01. The van der Waals surface area contributed by atoms with E-state index in [0.717, 1.165) is 17.7 Å². The van der Waals surface area contributed by atoms with E-state index in [2.05, 4.69) is 5.16 Å². The van der Waals surface area contributed by atoms with Gasteiger partial charge in [0.05, 0.1) is 35.4 Å². The smallest absolute Gasteiger partial charge is 0.338 e. The molecule has 4 aliphatic rings. The van der Waals surface area contributed by atoms with E-state index >= 15 is 0 Å². The largest absolute Gasteiger partial charge is 0.462 e. The number of carbonyl (C=O) groups is 3. The second-order valence-electron chi connectivity index (χ2n) is 8.95. The van der Waals surface area contributed by atoms with E-state index in [4.69, 9.17) is 21.2 Å². The second-order valence-corrected chi connectivity index (χ2v) is 9.35. The fourth-order valence-corrected chi connectivity index (χ4v) is 6.47. The van der Waals surface area contributed by atoms with Crippen LogP contribution in [0.5, 0.6) is 0 Å². The third-order valence-corrected chi connectivity index (χ3v) is 7.81. The standard InChI is InChI=1S/C25H21ClN2O5/c1-2-32-25(31)12-7-9-13(10-8-12)28-23(29)18-15-11-16(19(18)24(28)30)22-20(15)21(27-33-22)14-5-3-4-6-17(14)26/h3-10,15-16,18-20,22H,2,11H2,1H3/t15-,16+,18-,19+,20+,22-/m1/s1.